The van der Waals surface area contributed by atoms with Crippen molar-refractivity contribution < 1.29 is 22.7 Å². The van der Waals surface area contributed by atoms with Gasteiger partial charge in [-0.1, -0.05) is 23.3 Å². The number of halogens is 3. The van der Waals surface area contributed by atoms with Crippen LogP contribution in [-0.2, 0) is 9.53 Å². The Morgan fingerprint density at radius 2 is 2.05 bits per heavy atom. The normalized spacial score (nSPS) is 21.6. The van der Waals surface area contributed by atoms with Crippen molar-refractivity contribution in [3.63, 3.8) is 0 Å². The van der Waals surface area contributed by atoms with Gasteiger partial charge in [0.1, 0.15) is 5.60 Å². The van der Waals surface area contributed by atoms with E-state index in [9.17, 15) is 18.0 Å². The third-order valence-electron chi connectivity index (χ3n) is 4.25. The SMILES string of the molecule is CC(C)=CCCC(C)(OC(=O)C(F)(F)F)C1CC=C(C)CC1. The van der Waals surface area contributed by atoms with Crippen molar-refractivity contribution in [1.29, 1.82) is 0 Å². The van der Waals surface area contributed by atoms with Crippen LogP contribution in [0.2, 0.25) is 0 Å². The highest BCUT2D eigenvalue weighted by Crippen LogP contribution is 2.39. The van der Waals surface area contributed by atoms with E-state index in [1.165, 1.54) is 5.57 Å². The van der Waals surface area contributed by atoms with Crippen molar-refractivity contribution in [3.05, 3.63) is 23.3 Å². The number of hydrogen-bond donors (Lipinski definition) is 0. The summed E-state index contributed by atoms with van der Waals surface area (Å²) < 4.78 is 42.6. The molecule has 2 nitrogen and oxygen atoms in total. The molecule has 22 heavy (non-hydrogen) atoms. The number of hydrogen-bond acceptors (Lipinski definition) is 2. The molecule has 1 rings (SSSR count). The van der Waals surface area contributed by atoms with Gasteiger partial charge in [-0.2, -0.15) is 13.2 Å². The third-order valence-corrected chi connectivity index (χ3v) is 4.25. The number of rotatable bonds is 5. The first-order valence-electron chi connectivity index (χ1n) is 7.64. The van der Waals surface area contributed by atoms with Gasteiger partial charge in [0.15, 0.2) is 0 Å². The van der Waals surface area contributed by atoms with E-state index in [0.29, 0.717) is 19.3 Å². The lowest BCUT2D eigenvalue weighted by atomic mass is 9.76. The molecule has 0 heterocycles. The van der Waals surface area contributed by atoms with E-state index in [1.807, 2.05) is 32.9 Å². The monoisotopic (exact) mass is 318 g/mol. The van der Waals surface area contributed by atoms with Gasteiger partial charge in [0.25, 0.3) is 0 Å². The second-order valence-electron chi connectivity index (χ2n) is 6.54. The zero-order valence-corrected chi connectivity index (χ0v) is 13.7. The van der Waals surface area contributed by atoms with Gasteiger partial charge in [-0.25, -0.2) is 4.79 Å². The second-order valence-corrected chi connectivity index (χ2v) is 6.54. The molecule has 1 aliphatic rings. The Kier molecular flexibility index (Phi) is 6.27. The van der Waals surface area contributed by atoms with E-state index in [4.69, 9.17) is 4.74 Å². The van der Waals surface area contributed by atoms with E-state index < -0.39 is 17.7 Å². The molecule has 0 radical (unpaired) electrons. The molecule has 0 saturated carbocycles. The van der Waals surface area contributed by atoms with Crippen molar-refractivity contribution in [2.75, 3.05) is 0 Å². The van der Waals surface area contributed by atoms with Gasteiger partial charge in [-0.3, -0.25) is 0 Å². The van der Waals surface area contributed by atoms with Gasteiger partial charge in [0, 0.05) is 5.92 Å². The number of alkyl halides is 3. The molecule has 2 unspecified atom stereocenters. The van der Waals surface area contributed by atoms with Crippen LogP contribution in [0, 0.1) is 5.92 Å². The summed E-state index contributed by atoms with van der Waals surface area (Å²) in [6.07, 6.45) is 2.30. The van der Waals surface area contributed by atoms with Crippen molar-refractivity contribution in [1.82, 2.24) is 0 Å². The number of esters is 1. The highest BCUT2D eigenvalue weighted by atomic mass is 19.4. The van der Waals surface area contributed by atoms with Gasteiger partial charge in [0.05, 0.1) is 0 Å². The Hall–Kier alpha value is -1.26. The minimum absolute atomic E-state index is 0.0759. The fourth-order valence-electron chi connectivity index (χ4n) is 2.78. The summed E-state index contributed by atoms with van der Waals surface area (Å²) in [5.74, 6) is -2.16. The number of ether oxygens (including phenoxy) is 1. The largest absolute Gasteiger partial charge is 0.490 e. The molecule has 1 aliphatic carbocycles. The predicted molar refractivity (Wildman–Crippen MR) is 80.3 cm³/mol. The lowest BCUT2D eigenvalue weighted by Crippen LogP contribution is -2.43. The summed E-state index contributed by atoms with van der Waals surface area (Å²) in [6, 6.07) is 0. The van der Waals surface area contributed by atoms with Crippen LogP contribution in [0.1, 0.15) is 59.8 Å². The number of allylic oxidation sites excluding steroid dienone is 4. The molecule has 126 valence electrons. The maximum absolute atomic E-state index is 12.6. The molecular formula is C17H25F3O2. The van der Waals surface area contributed by atoms with E-state index in [1.54, 1.807) is 6.92 Å². The Balaban J connectivity index is 2.88. The van der Waals surface area contributed by atoms with Gasteiger partial charge in [0.2, 0.25) is 0 Å². The molecule has 0 spiro atoms. The van der Waals surface area contributed by atoms with Gasteiger partial charge >= 0.3 is 12.1 Å². The molecule has 2 atom stereocenters. The average molecular weight is 318 g/mol. The van der Waals surface area contributed by atoms with Crippen LogP contribution < -0.4 is 0 Å². The molecule has 0 bridgehead atoms. The average Bonchev–Trinajstić information content (AvgIpc) is 2.37. The number of carbonyl (C=O) groups is 1. The zero-order chi connectivity index (χ0) is 17.0. The van der Waals surface area contributed by atoms with Gasteiger partial charge in [-0.05, 0) is 59.8 Å². The minimum Gasteiger partial charge on any atom is -0.452 e. The van der Waals surface area contributed by atoms with E-state index in [0.717, 1.165) is 18.4 Å². The molecule has 0 saturated heterocycles. The minimum atomic E-state index is -4.95. The topological polar surface area (TPSA) is 26.3 Å². The second kappa shape index (κ2) is 7.34. The van der Waals surface area contributed by atoms with Crippen LogP contribution in [0.4, 0.5) is 13.2 Å². The molecule has 0 aromatic heterocycles. The van der Waals surface area contributed by atoms with Crippen molar-refractivity contribution in [3.8, 4) is 0 Å². The van der Waals surface area contributed by atoms with Crippen LogP contribution in [0.5, 0.6) is 0 Å². The summed E-state index contributed by atoms with van der Waals surface area (Å²) in [7, 11) is 0. The summed E-state index contributed by atoms with van der Waals surface area (Å²) in [5, 5.41) is 0. The molecule has 0 fully saturated rings. The zero-order valence-electron chi connectivity index (χ0n) is 13.7. The molecule has 5 heteroatoms. The smallest absolute Gasteiger partial charge is 0.452 e. The van der Waals surface area contributed by atoms with Crippen LogP contribution in [-0.4, -0.2) is 17.7 Å². The Morgan fingerprint density at radius 1 is 1.41 bits per heavy atom. The van der Waals surface area contributed by atoms with Crippen molar-refractivity contribution >= 4 is 5.97 Å². The fourth-order valence-corrected chi connectivity index (χ4v) is 2.78. The molecule has 0 aromatic carbocycles. The third kappa shape index (κ3) is 5.50. The lowest BCUT2D eigenvalue weighted by molar-refractivity contribution is -0.218. The summed E-state index contributed by atoms with van der Waals surface area (Å²) >= 11 is 0. The first-order valence-corrected chi connectivity index (χ1v) is 7.64. The standard InChI is InChI=1S/C17H25F3O2/c1-12(2)6-5-11-16(4,22-15(21)17(18,19)20)14-9-7-13(3)8-10-14/h6-7,14H,5,8-11H2,1-4H3. The molecule has 0 amide bonds. The number of carbonyl (C=O) groups excluding carboxylic acids is 1. The maximum atomic E-state index is 12.6. The van der Waals surface area contributed by atoms with Crippen LogP contribution >= 0.6 is 0 Å². The van der Waals surface area contributed by atoms with E-state index in [2.05, 4.69) is 0 Å². The molecule has 0 aromatic rings. The Labute approximate surface area is 130 Å². The van der Waals surface area contributed by atoms with E-state index >= 15 is 0 Å². The highest BCUT2D eigenvalue weighted by molar-refractivity contribution is 5.76. The van der Waals surface area contributed by atoms with E-state index in [-0.39, 0.29) is 5.92 Å². The molecular weight excluding hydrogens is 293 g/mol. The summed E-state index contributed by atoms with van der Waals surface area (Å²) in [6.45, 7) is 7.52. The lowest BCUT2D eigenvalue weighted by Gasteiger charge is -2.39. The Morgan fingerprint density at radius 3 is 2.50 bits per heavy atom. The first kappa shape index (κ1) is 18.8. The van der Waals surface area contributed by atoms with Crippen LogP contribution in [0.15, 0.2) is 23.3 Å². The van der Waals surface area contributed by atoms with Gasteiger partial charge < -0.3 is 4.74 Å². The summed E-state index contributed by atoms with van der Waals surface area (Å²) in [5.41, 5.74) is 1.25. The molecule has 0 aliphatic heterocycles. The molecule has 0 N–H and O–H groups in total. The quantitative estimate of drug-likeness (QED) is 0.505. The first-order chi connectivity index (χ1) is 10.0. The summed E-state index contributed by atoms with van der Waals surface area (Å²) in [4.78, 5) is 11.3. The van der Waals surface area contributed by atoms with Crippen LogP contribution in [0.25, 0.3) is 0 Å². The van der Waals surface area contributed by atoms with Crippen molar-refractivity contribution in [2.45, 2.75) is 71.6 Å². The predicted octanol–water partition coefficient (Wildman–Crippen LogP) is 5.34. The Bertz CT molecular complexity index is 459. The fraction of sp³-hybridized carbons (Fsp3) is 0.706. The van der Waals surface area contributed by atoms with Crippen LogP contribution in [0.3, 0.4) is 0 Å². The van der Waals surface area contributed by atoms with Gasteiger partial charge in [-0.15, -0.1) is 0 Å². The maximum Gasteiger partial charge on any atom is 0.490 e. The highest BCUT2D eigenvalue weighted by Gasteiger charge is 2.47. The van der Waals surface area contributed by atoms with Crippen molar-refractivity contribution in [2.24, 2.45) is 5.92 Å².